The minimum absolute atomic E-state index is 0.458. The van der Waals surface area contributed by atoms with E-state index in [1.807, 2.05) is 25.1 Å². The van der Waals surface area contributed by atoms with Crippen molar-refractivity contribution in [2.24, 2.45) is 5.10 Å². The highest BCUT2D eigenvalue weighted by atomic mass is 35.5. The smallest absolute Gasteiger partial charge is 0.128 e. The van der Waals surface area contributed by atoms with Gasteiger partial charge in [0, 0.05) is 0 Å². The lowest BCUT2D eigenvalue weighted by Crippen LogP contribution is -2.28. The summed E-state index contributed by atoms with van der Waals surface area (Å²) < 4.78 is 5.01. The fourth-order valence-electron chi connectivity index (χ4n) is 1.70. The Morgan fingerprint density at radius 3 is 2.55 bits per heavy atom. The molecule has 0 unspecified atom stereocenters. The molecule has 0 aromatic heterocycles. The van der Waals surface area contributed by atoms with Crippen LogP contribution in [0.1, 0.15) is 12.5 Å². The second kappa shape index (κ2) is 7.47. The minimum Gasteiger partial charge on any atom is -0.546 e. The van der Waals surface area contributed by atoms with Gasteiger partial charge >= 0.3 is 0 Å². The predicted molar refractivity (Wildman–Crippen MR) is 84.2 cm³/mol. The van der Waals surface area contributed by atoms with Crippen LogP contribution in [0.4, 0.5) is 5.69 Å². The maximum atomic E-state index is 10.3. The number of carbonyl (C=O) groups is 1. The van der Waals surface area contributed by atoms with E-state index in [1.165, 1.54) is 0 Å². The summed E-state index contributed by atoms with van der Waals surface area (Å²) in [6.07, 6.45) is 0. The summed E-state index contributed by atoms with van der Waals surface area (Å²) in [6.45, 7) is 1.38. The van der Waals surface area contributed by atoms with Crippen molar-refractivity contribution in [3.05, 3.63) is 59.1 Å². The molecule has 6 heteroatoms. The van der Waals surface area contributed by atoms with Gasteiger partial charge in [0.05, 0.1) is 22.4 Å². The number of aliphatic carboxylic acids is 1. The molecule has 22 heavy (non-hydrogen) atoms. The fourth-order valence-corrected chi connectivity index (χ4v) is 1.87. The monoisotopic (exact) mass is 317 g/mol. The first-order chi connectivity index (χ1) is 10.6. The molecular weight excluding hydrogens is 304 g/mol. The predicted octanol–water partition coefficient (Wildman–Crippen LogP) is 2.30. The molecule has 0 amide bonds. The number of ether oxygens (including phenoxy) is 1. The highest BCUT2D eigenvalue weighted by Crippen LogP contribution is 2.20. The summed E-state index contributed by atoms with van der Waals surface area (Å²) >= 11 is 6.03. The number of hydrogen-bond acceptors (Lipinski definition) is 5. The van der Waals surface area contributed by atoms with Crippen LogP contribution in [0, 0.1) is 0 Å². The molecule has 0 heterocycles. The van der Waals surface area contributed by atoms with Gasteiger partial charge in [0.25, 0.3) is 0 Å². The van der Waals surface area contributed by atoms with Crippen molar-refractivity contribution in [1.29, 1.82) is 0 Å². The van der Waals surface area contributed by atoms with Gasteiger partial charge in [-0.15, -0.1) is 0 Å². The number of anilines is 1. The zero-order chi connectivity index (χ0) is 15.9. The van der Waals surface area contributed by atoms with E-state index in [9.17, 15) is 9.90 Å². The third-order valence-corrected chi connectivity index (χ3v) is 3.18. The van der Waals surface area contributed by atoms with Gasteiger partial charge in [-0.1, -0.05) is 23.7 Å². The first kappa shape index (κ1) is 15.9. The summed E-state index contributed by atoms with van der Waals surface area (Å²) in [7, 11) is 0. The molecule has 0 bridgehead atoms. The van der Waals surface area contributed by atoms with Crippen LogP contribution in [0.5, 0.6) is 5.75 Å². The van der Waals surface area contributed by atoms with E-state index in [2.05, 4.69) is 10.5 Å². The van der Waals surface area contributed by atoms with Gasteiger partial charge in [-0.05, 0) is 48.9 Å². The van der Waals surface area contributed by atoms with E-state index in [0.717, 1.165) is 17.0 Å². The number of rotatable bonds is 6. The summed E-state index contributed by atoms with van der Waals surface area (Å²) in [5.74, 6) is -0.800. The van der Waals surface area contributed by atoms with Crippen LogP contribution in [0.3, 0.4) is 0 Å². The molecule has 0 spiro atoms. The lowest BCUT2D eigenvalue weighted by Gasteiger charge is -2.08. The number of nitrogens with one attached hydrogen (secondary N) is 1. The average Bonchev–Trinajstić information content (AvgIpc) is 2.52. The van der Waals surface area contributed by atoms with E-state index in [1.54, 1.807) is 30.3 Å². The van der Waals surface area contributed by atoms with E-state index < -0.39 is 12.6 Å². The molecule has 0 atom stereocenters. The highest BCUT2D eigenvalue weighted by Gasteiger charge is 2.01. The Balaban J connectivity index is 2.03. The van der Waals surface area contributed by atoms with Crippen LogP contribution in [0.2, 0.25) is 5.02 Å². The van der Waals surface area contributed by atoms with Gasteiger partial charge in [-0.3, -0.25) is 5.43 Å². The number of carboxylic acids is 1. The highest BCUT2D eigenvalue weighted by molar-refractivity contribution is 6.33. The van der Waals surface area contributed by atoms with Gasteiger partial charge < -0.3 is 14.6 Å². The first-order valence-electron chi connectivity index (χ1n) is 6.54. The molecule has 114 valence electrons. The van der Waals surface area contributed by atoms with Gasteiger partial charge in [0.2, 0.25) is 0 Å². The SMILES string of the molecule is C/C(=N/Nc1ccccc1Cl)c1ccc(OCC(=O)[O-])cc1. The normalized spacial score (nSPS) is 11.1. The lowest BCUT2D eigenvalue weighted by molar-refractivity contribution is -0.307. The number of benzene rings is 2. The quantitative estimate of drug-likeness (QED) is 0.655. The van der Waals surface area contributed by atoms with E-state index in [4.69, 9.17) is 16.3 Å². The van der Waals surface area contributed by atoms with Crippen molar-refractivity contribution in [3.63, 3.8) is 0 Å². The Labute approximate surface area is 133 Å². The Hall–Kier alpha value is -2.53. The van der Waals surface area contributed by atoms with Crippen LogP contribution < -0.4 is 15.3 Å². The average molecular weight is 318 g/mol. The number of nitrogens with zero attached hydrogens (tertiary/aromatic N) is 1. The van der Waals surface area contributed by atoms with Crippen molar-refractivity contribution in [3.8, 4) is 5.75 Å². The van der Waals surface area contributed by atoms with Crippen LogP contribution >= 0.6 is 11.6 Å². The first-order valence-corrected chi connectivity index (χ1v) is 6.92. The van der Waals surface area contributed by atoms with Crippen LogP contribution in [0.25, 0.3) is 0 Å². The van der Waals surface area contributed by atoms with Crippen LogP contribution in [0.15, 0.2) is 53.6 Å². The number of para-hydroxylation sites is 1. The second-order valence-electron chi connectivity index (χ2n) is 4.47. The Kier molecular flexibility index (Phi) is 5.38. The van der Waals surface area contributed by atoms with Crippen molar-refractivity contribution >= 4 is 29.0 Å². The van der Waals surface area contributed by atoms with Gasteiger partial charge in [-0.2, -0.15) is 5.10 Å². The van der Waals surface area contributed by atoms with E-state index in [-0.39, 0.29) is 0 Å². The fraction of sp³-hybridized carbons (Fsp3) is 0.125. The molecule has 2 aromatic carbocycles. The molecule has 2 rings (SSSR count). The molecule has 1 N–H and O–H groups in total. The maximum absolute atomic E-state index is 10.3. The second-order valence-corrected chi connectivity index (χ2v) is 4.88. The third kappa shape index (κ3) is 4.49. The van der Waals surface area contributed by atoms with Gasteiger partial charge in [0.15, 0.2) is 0 Å². The van der Waals surface area contributed by atoms with Crippen LogP contribution in [-0.2, 0) is 4.79 Å². The summed E-state index contributed by atoms with van der Waals surface area (Å²) in [5.41, 5.74) is 5.26. The molecule has 0 radical (unpaired) electrons. The Morgan fingerprint density at radius 1 is 1.23 bits per heavy atom. The molecule has 0 saturated heterocycles. The zero-order valence-corrected chi connectivity index (χ0v) is 12.6. The van der Waals surface area contributed by atoms with E-state index in [0.29, 0.717) is 10.8 Å². The van der Waals surface area contributed by atoms with Crippen molar-refractivity contribution in [1.82, 2.24) is 0 Å². The molecule has 0 aliphatic heterocycles. The topological polar surface area (TPSA) is 73.8 Å². The lowest BCUT2D eigenvalue weighted by atomic mass is 10.1. The summed E-state index contributed by atoms with van der Waals surface area (Å²) in [4.78, 5) is 10.3. The molecule has 0 saturated carbocycles. The Bertz CT molecular complexity index is 684. The number of hydrogen-bond donors (Lipinski definition) is 1. The molecule has 0 aliphatic rings. The van der Waals surface area contributed by atoms with Gasteiger partial charge in [-0.25, -0.2) is 0 Å². The van der Waals surface area contributed by atoms with Crippen LogP contribution in [-0.4, -0.2) is 18.3 Å². The minimum atomic E-state index is -1.26. The summed E-state index contributed by atoms with van der Waals surface area (Å²) in [6, 6.07) is 14.2. The van der Waals surface area contributed by atoms with E-state index >= 15 is 0 Å². The zero-order valence-electron chi connectivity index (χ0n) is 11.9. The molecule has 0 fully saturated rings. The van der Waals surface area contributed by atoms with Gasteiger partial charge in [0.1, 0.15) is 12.4 Å². The number of carboxylic acid groups (broad SMARTS) is 1. The maximum Gasteiger partial charge on any atom is 0.128 e. The molecule has 0 aliphatic carbocycles. The van der Waals surface area contributed by atoms with Crippen molar-refractivity contribution in [2.75, 3.05) is 12.0 Å². The summed E-state index contributed by atoms with van der Waals surface area (Å²) in [5, 5.41) is 15.2. The largest absolute Gasteiger partial charge is 0.546 e. The number of carbonyl (C=O) groups excluding carboxylic acids is 1. The van der Waals surface area contributed by atoms with Crippen molar-refractivity contribution in [2.45, 2.75) is 6.92 Å². The van der Waals surface area contributed by atoms with Crippen molar-refractivity contribution < 1.29 is 14.6 Å². The molecule has 5 nitrogen and oxygen atoms in total. The molecular formula is C16H14ClN2O3-. The number of hydrazone groups is 1. The number of halogens is 1. The molecule has 2 aromatic rings. The standard InChI is InChI=1S/C16H15ClN2O3/c1-11(18-19-15-5-3-2-4-14(15)17)12-6-8-13(9-7-12)22-10-16(20)21/h2-9,19H,10H2,1H3,(H,20,21)/p-1/b18-11-. The third-order valence-electron chi connectivity index (χ3n) is 2.85. The Morgan fingerprint density at radius 2 is 1.91 bits per heavy atom.